The Bertz CT molecular complexity index is 557. The van der Waals surface area contributed by atoms with E-state index in [1.54, 1.807) is 0 Å². The number of hydrogen-bond donors (Lipinski definition) is 0. The maximum absolute atomic E-state index is 6.73. The Morgan fingerprint density at radius 3 is 2.50 bits per heavy atom. The molecule has 3 heteroatoms. The van der Waals surface area contributed by atoms with Crippen LogP contribution in [0, 0.1) is 0 Å². The molecular weight excluding hydrogens is 296 g/mol. The summed E-state index contributed by atoms with van der Waals surface area (Å²) < 4.78 is 6.73. The Morgan fingerprint density at radius 1 is 1.08 bits per heavy atom. The first-order chi connectivity index (χ1) is 11.7. The fourth-order valence-corrected chi connectivity index (χ4v) is 4.88. The van der Waals surface area contributed by atoms with Gasteiger partial charge in [-0.25, -0.2) is 0 Å². The highest BCUT2D eigenvalue weighted by Gasteiger charge is 2.42. The van der Waals surface area contributed by atoms with E-state index in [1.165, 1.54) is 44.3 Å². The summed E-state index contributed by atoms with van der Waals surface area (Å²) in [6, 6.07) is 10.1. The first-order valence-corrected chi connectivity index (χ1v) is 9.90. The third kappa shape index (κ3) is 3.21. The number of likely N-dealkylation sites (tertiary alicyclic amines) is 1. The van der Waals surface area contributed by atoms with Crippen LogP contribution >= 0.6 is 0 Å². The highest BCUT2D eigenvalue weighted by Crippen LogP contribution is 2.38. The zero-order valence-corrected chi connectivity index (χ0v) is 15.3. The van der Waals surface area contributed by atoms with Crippen LogP contribution in [-0.2, 0) is 6.54 Å². The normalized spacial score (nSPS) is 25.6. The number of piperidine rings is 1. The molecule has 3 nitrogen and oxygen atoms in total. The van der Waals surface area contributed by atoms with E-state index in [0.29, 0.717) is 6.04 Å². The van der Waals surface area contributed by atoms with Gasteiger partial charge in [-0.05, 0) is 32.8 Å². The third-order valence-corrected chi connectivity index (χ3v) is 6.44. The zero-order chi connectivity index (χ0) is 16.6. The van der Waals surface area contributed by atoms with Crippen molar-refractivity contribution in [3.05, 3.63) is 29.8 Å². The van der Waals surface area contributed by atoms with Gasteiger partial charge in [0.15, 0.2) is 0 Å². The van der Waals surface area contributed by atoms with E-state index in [2.05, 4.69) is 47.9 Å². The van der Waals surface area contributed by atoms with Gasteiger partial charge < -0.3 is 9.64 Å². The molecule has 2 fully saturated rings. The first-order valence-electron chi connectivity index (χ1n) is 9.90. The van der Waals surface area contributed by atoms with Gasteiger partial charge in [0.1, 0.15) is 11.4 Å². The predicted molar refractivity (Wildman–Crippen MR) is 98.4 cm³/mol. The standard InChI is InChI=1S/C21H32N2O/c1-17(2)22-13-11-21(12-14-22)16-23(19-8-4-5-9-19)15-18-7-3-6-10-20(18)24-21/h3,6-7,10,17,19H,4-5,8-9,11-16H2,1-2H3. The molecule has 0 atom stereocenters. The number of fused-ring (bicyclic) bond motifs is 1. The molecule has 2 aliphatic heterocycles. The lowest BCUT2D eigenvalue weighted by molar-refractivity contribution is -0.0316. The van der Waals surface area contributed by atoms with E-state index in [4.69, 9.17) is 4.74 Å². The third-order valence-electron chi connectivity index (χ3n) is 6.44. The summed E-state index contributed by atoms with van der Waals surface area (Å²) >= 11 is 0. The average molecular weight is 328 g/mol. The summed E-state index contributed by atoms with van der Waals surface area (Å²) in [6.45, 7) is 9.13. The van der Waals surface area contributed by atoms with Crippen molar-refractivity contribution < 1.29 is 4.74 Å². The second kappa shape index (κ2) is 6.68. The molecule has 0 N–H and O–H groups in total. The summed E-state index contributed by atoms with van der Waals surface area (Å²) in [5, 5.41) is 0. The van der Waals surface area contributed by atoms with Gasteiger partial charge in [0, 0.05) is 56.7 Å². The van der Waals surface area contributed by atoms with Crippen molar-refractivity contribution in [3.8, 4) is 5.75 Å². The maximum Gasteiger partial charge on any atom is 0.124 e. The number of nitrogens with zero attached hydrogens (tertiary/aromatic N) is 2. The van der Waals surface area contributed by atoms with Crippen LogP contribution in [0.4, 0.5) is 0 Å². The van der Waals surface area contributed by atoms with Gasteiger partial charge in [-0.3, -0.25) is 4.90 Å². The summed E-state index contributed by atoms with van der Waals surface area (Å²) in [4.78, 5) is 5.36. The number of hydrogen-bond acceptors (Lipinski definition) is 3. The second-order valence-corrected chi connectivity index (χ2v) is 8.37. The topological polar surface area (TPSA) is 15.7 Å². The van der Waals surface area contributed by atoms with Crippen molar-refractivity contribution in [2.24, 2.45) is 0 Å². The van der Waals surface area contributed by atoms with Crippen LogP contribution < -0.4 is 4.74 Å². The van der Waals surface area contributed by atoms with Crippen LogP contribution in [0.25, 0.3) is 0 Å². The van der Waals surface area contributed by atoms with E-state index in [-0.39, 0.29) is 5.60 Å². The molecular formula is C21H32N2O. The van der Waals surface area contributed by atoms with Crippen LogP contribution in [-0.4, -0.2) is 47.1 Å². The van der Waals surface area contributed by atoms with Gasteiger partial charge in [0.2, 0.25) is 0 Å². The Hall–Kier alpha value is -1.06. The van der Waals surface area contributed by atoms with Gasteiger partial charge in [-0.15, -0.1) is 0 Å². The molecule has 4 rings (SSSR count). The largest absolute Gasteiger partial charge is 0.486 e. The van der Waals surface area contributed by atoms with Crippen LogP contribution in [0.3, 0.4) is 0 Å². The summed E-state index contributed by atoms with van der Waals surface area (Å²) in [7, 11) is 0. The van der Waals surface area contributed by atoms with E-state index < -0.39 is 0 Å². The minimum Gasteiger partial charge on any atom is -0.486 e. The van der Waals surface area contributed by atoms with Crippen molar-refractivity contribution in [3.63, 3.8) is 0 Å². The van der Waals surface area contributed by atoms with Gasteiger partial charge in [0.25, 0.3) is 0 Å². The molecule has 1 spiro atoms. The summed E-state index contributed by atoms with van der Waals surface area (Å²) in [5.74, 6) is 1.14. The minimum atomic E-state index is 0.0145. The first kappa shape index (κ1) is 16.4. The van der Waals surface area contributed by atoms with Crippen molar-refractivity contribution >= 4 is 0 Å². The SMILES string of the molecule is CC(C)N1CCC2(CC1)CN(C1CCCC1)Cc1ccccc1O2. The lowest BCUT2D eigenvalue weighted by atomic mass is 9.89. The highest BCUT2D eigenvalue weighted by atomic mass is 16.5. The van der Waals surface area contributed by atoms with E-state index in [1.807, 2.05) is 0 Å². The van der Waals surface area contributed by atoms with Crippen molar-refractivity contribution in [1.29, 1.82) is 0 Å². The lowest BCUT2D eigenvalue weighted by Gasteiger charge is -2.45. The lowest BCUT2D eigenvalue weighted by Crippen LogP contribution is -2.55. The number of ether oxygens (including phenoxy) is 1. The molecule has 0 unspecified atom stereocenters. The number of rotatable bonds is 2. The smallest absolute Gasteiger partial charge is 0.124 e. The zero-order valence-electron chi connectivity index (χ0n) is 15.3. The number of para-hydroxylation sites is 1. The van der Waals surface area contributed by atoms with Crippen molar-refractivity contribution in [1.82, 2.24) is 9.80 Å². The molecule has 1 saturated heterocycles. The fourth-order valence-electron chi connectivity index (χ4n) is 4.88. The number of benzene rings is 1. The summed E-state index contributed by atoms with van der Waals surface area (Å²) in [5.41, 5.74) is 1.40. The molecule has 1 aromatic carbocycles. The van der Waals surface area contributed by atoms with E-state index in [9.17, 15) is 0 Å². The molecule has 0 aromatic heterocycles. The molecule has 2 heterocycles. The maximum atomic E-state index is 6.73. The quantitative estimate of drug-likeness (QED) is 0.814. The molecule has 0 bridgehead atoms. The van der Waals surface area contributed by atoms with Crippen LogP contribution in [0.5, 0.6) is 5.75 Å². The fraction of sp³-hybridized carbons (Fsp3) is 0.714. The molecule has 3 aliphatic rings. The Labute approximate surface area is 147 Å². The van der Waals surface area contributed by atoms with Crippen molar-refractivity contribution in [2.45, 2.75) is 76.6 Å². The molecule has 0 amide bonds. The van der Waals surface area contributed by atoms with Gasteiger partial charge >= 0.3 is 0 Å². The molecule has 1 aromatic rings. The molecule has 1 saturated carbocycles. The minimum absolute atomic E-state index is 0.0145. The average Bonchev–Trinajstić information content (AvgIpc) is 3.06. The predicted octanol–water partition coefficient (Wildman–Crippen LogP) is 4.07. The van der Waals surface area contributed by atoms with Gasteiger partial charge in [-0.2, -0.15) is 0 Å². The monoisotopic (exact) mass is 328 g/mol. The molecule has 24 heavy (non-hydrogen) atoms. The van der Waals surface area contributed by atoms with E-state index in [0.717, 1.165) is 37.7 Å². The Kier molecular flexibility index (Phi) is 4.57. The van der Waals surface area contributed by atoms with Gasteiger partial charge in [0.05, 0.1) is 0 Å². The van der Waals surface area contributed by atoms with Crippen LogP contribution in [0.15, 0.2) is 24.3 Å². The van der Waals surface area contributed by atoms with Crippen molar-refractivity contribution in [2.75, 3.05) is 19.6 Å². The van der Waals surface area contributed by atoms with Crippen LogP contribution in [0.1, 0.15) is 57.9 Å². The Balaban J connectivity index is 1.59. The van der Waals surface area contributed by atoms with E-state index >= 15 is 0 Å². The molecule has 1 aliphatic carbocycles. The van der Waals surface area contributed by atoms with Gasteiger partial charge in [-0.1, -0.05) is 31.0 Å². The highest BCUT2D eigenvalue weighted by molar-refractivity contribution is 5.35. The molecule has 0 radical (unpaired) electrons. The van der Waals surface area contributed by atoms with Crippen LogP contribution in [0.2, 0.25) is 0 Å². The second-order valence-electron chi connectivity index (χ2n) is 8.37. The summed E-state index contributed by atoms with van der Waals surface area (Å²) in [6.07, 6.45) is 7.85. The molecule has 132 valence electrons. The Morgan fingerprint density at radius 2 is 1.79 bits per heavy atom.